The van der Waals surface area contributed by atoms with Crippen LogP contribution in [-0.4, -0.2) is 21.6 Å². The van der Waals surface area contributed by atoms with Crippen molar-refractivity contribution in [2.45, 2.75) is 13.5 Å². The number of hydrogen-bond donors (Lipinski definition) is 0. The highest BCUT2D eigenvalue weighted by Gasteiger charge is 1.95. The Morgan fingerprint density at radius 3 is 3.00 bits per heavy atom. The lowest BCUT2D eigenvalue weighted by Crippen LogP contribution is -1.91. The molecule has 1 heterocycles. The van der Waals surface area contributed by atoms with E-state index in [9.17, 15) is 0 Å². The standard InChI is InChI=1S/C6H11N3O/c1-3-10-5-6-4-9(2)8-7-6/h4H,3,5H2,1-2H3. The van der Waals surface area contributed by atoms with Crippen LogP contribution in [0.15, 0.2) is 6.20 Å². The Kier molecular flexibility index (Phi) is 2.39. The van der Waals surface area contributed by atoms with Crippen LogP contribution in [0.25, 0.3) is 0 Å². The molecule has 0 spiro atoms. The number of rotatable bonds is 3. The summed E-state index contributed by atoms with van der Waals surface area (Å²) in [4.78, 5) is 0. The van der Waals surface area contributed by atoms with E-state index in [2.05, 4.69) is 10.3 Å². The predicted molar refractivity (Wildman–Crippen MR) is 36.3 cm³/mol. The zero-order chi connectivity index (χ0) is 7.40. The average molecular weight is 141 g/mol. The monoisotopic (exact) mass is 141 g/mol. The lowest BCUT2D eigenvalue weighted by atomic mass is 10.5. The molecule has 0 fully saturated rings. The Labute approximate surface area is 59.8 Å². The molecule has 0 aliphatic rings. The van der Waals surface area contributed by atoms with Crippen molar-refractivity contribution in [2.75, 3.05) is 6.61 Å². The van der Waals surface area contributed by atoms with Crippen LogP contribution in [0.4, 0.5) is 0 Å². The first-order chi connectivity index (χ1) is 4.83. The first kappa shape index (κ1) is 7.21. The van der Waals surface area contributed by atoms with Crippen molar-refractivity contribution in [1.82, 2.24) is 15.0 Å². The Morgan fingerprint density at radius 2 is 2.50 bits per heavy atom. The molecule has 0 saturated carbocycles. The van der Waals surface area contributed by atoms with Gasteiger partial charge in [-0.15, -0.1) is 5.10 Å². The van der Waals surface area contributed by atoms with Crippen LogP contribution in [0, 0.1) is 0 Å². The molecule has 0 saturated heterocycles. The molecule has 0 atom stereocenters. The summed E-state index contributed by atoms with van der Waals surface area (Å²) < 4.78 is 6.78. The topological polar surface area (TPSA) is 39.9 Å². The van der Waals surface area contributed by atoms with Gasteiger partial charge in [-0.25, -0.2) is 0 Å². The van der Waals surface area contributed by atoms with Crippen LogP contribution in [0.3, 0.4) is 0 Å². The summed E-state index contributed by atoms with van der Waals surface area (Å²) in [7, 11) is 1.84. The largest absolute Gasteiger partial charge is 0.375 e. The van der Waals surface area contributed by atoms with Gasteiger partial charge in [-0.2, -0.15) is 0 Å². The van der Waals surface area contributed by atoms with E-state index in [1.54, 1.807) is 4.68 Å². The van der Waals surface area contributed by atoms with E-state index in [4.69, 9.17) is 4.74 Å². The maximum absolute atomic E-state index is 5.12. The Morgan fingerprint density at radius 1 is 1.70 bits per heavy atom. The molecule has 0 aromatic carbocycles. The third-order valence-corrected chi connectivity index (χ3v) is 1.10. The van der Waals surface area contributed by atoms with Gasteiger partial charge in [-0.3, -0.25) is 4.68 Å². The fourth-order valence-electron chi connectivity index (χ4n) is 0.668. The smallest absolute Gasteiger partial charge is 0.108 e. The summed E-state index contributed by atoms with van der Waals surface area (Å²) in [5.41, 5.74) is 0.879. The van der Waals surface area contributed by atoms with Gasteiger partial charge in [0.1, 0.15) is 5.69 Å². The lowest BCUT2D eigenvalue weighted by Gasteiger charge is -1.92. The molecule has 0 aliphatic heterocycles. The van der Waals surface area contributed by atoms with Crippen molar-refractivity contribution >= 4 is 0 Å². The van der Waals surface area contributed by atoms with Crippen molar-refractivity contribution in [2.24, 2.45) is 7.05 Å². The Bertz CT molecular complexity index is 197. The quantitative estimate of drug-likeness (QED) is 0.609. The normalized spacial score (nSPS) is 10.2. The second-order valence-corrected chi connectivity index (χ2v) is 2.02. The van der Waals surface area contributed by atoms with Crippen molar-refractivity contribution in [3.8, 4) is 0 Å². The van der Waals surface area contributed by atoms with E-state index in [1.165, 1.54) is 0 Å². The zero-order valence-electron chi connectivity index (χ0n) is 6.24. The molecule has 10 heavy (non-hydrogen) atoms. The SMILES string of the molecule is CCOCc1cn(C)nn1. The van der Waals surface area contributed by atoms with Gasteiger partial charge in [0.2, 0.25) is 0 Å². The van der Waals surface area contributed by atoms with Crippen LogP contribution < -0.4 is 0 Å². The maximum atomic E-state index is 5.12. The van der Waals surface area contributed by atoms with Crippen LogP contribution in [0.5, 0.6) is 0 Å². The molecule has 0 N–H and O–H groups in total. The summed E-state index contributed by atoms with van der Waals surface area (Å²) in [6.45, 7) is 3.23. The summed E-state index contributed by atoms with van der Waals surface area (Å²) in [5, 5.41) is 7.60. The van der Waals surface area contributed by atoms with E-state index in [0.29, 0.717) is 6.61 Å². The van der Waals surface area contributed by atoms with E-state index in [0.717, 1.165) is 12.3 Å². The second kappa shape index (κ2) is 3.31. The molecule has 56 valence electrons. The van der Waals surface area contributed by atoms with Crippen molar-refractivity contribution in [3.05, 3.63) is 11.9 Å². The molecule has 0 radical (unpaired) electrons. The van der Waals surface area contributed by atoms with Crippen molar-refractivity contribution in [1.29, 1.82) is 0 Å². The van der Waals surface area contributed by atoms with Crippen molar-refractivity contribution in [3.63, 3.8) is 0 Å². The van der Waals surface area contributed by atoms with Crippen LogP contribution in [0.2, 0.25) is 0 Å². The predicted octanol–water partition coefficient (Wildman–Crippen LogP) is 0.352. The van der Waals surface area contributed by atoms with E-state index in [1.807, 2.05) is 20.2 Å². The van der Waals surface area contributed by atoms with E-state index >= 15 is 0 Å². The highest BCUT2D eigenvalue weighted by molar-refractivity contribution is 4.88. The van der Waals surface area contributed by atoms with Gasteiger partial charge in [0.15, 0.2) is 0 Å². The van der Waals surface area contributed by atoms with Gasteiger partial charge in [-0.05, 0) is 6.92 Å². The van der Waals surface area contributed by atoms with Crippen LogP contribution in [0.1, 0.15) is 12.6 Å². The minimum atomic E-state index is 0.560. The minimum Gasteiger partial charge on any atom is -0.375 e. The summed E-state index contributed by atoms with van der Waals surface area (Å²) in [6, 6.07) is 0. The highest BCUT2D eigenvalue weighted by Crippen LogP contribution is 1.92. The van der Waals surface area contributed by atoms with Crippen LogP contribution in [-0.2, 0) is 18.4 Å². The second-order valence-electron chi connectivity index (χ2n) is 2.02. The third-order valence-electron chi connectivity index (χ3n) is 1.10. The molecule has 0 aliphatic carbocycles. The van der Waals surface area contributed by atoms with Gasteiger partial charge < -0.3 is 4.74 Å². The summed E-state index contributed by atoms with van der Waals surface area (Å²) >= 11 is 0. The molecule has 4 heteroatoms. The van der Waals surface area contributed by atoms with Gasteiger partial charge in [0.25, 0.3) is 0 Å². The third kappa shape index (κ3) is 1.80. The summed E-state index contributed by atoms with van der Waals surface area (Å²) in [6.07, 6.45) is 1.84. The number of ether oxygens (including phenoxy) is 1. The fourth-order valence-corrected chi connectivity index (χ4v) is 0.668. The van der Waals surface area contributed by atoms with Gasteiger partial charge in [0.05, 0.1) is 12.8 Å². The Balaban J connectivity index is 2.42. The first-order valence-corrected chi connectivity index (χ1v) is 3.26. The van der Waals surface area contributed by atoms with Gasteiger partial charge in [0, 0.05) is 13.7 Å². The molecular weight excluding hydrogens is 130 g/mol. The molecular formula is C6H11N3O. The van der Waals surface area contributed by atoms with Crippen molar-refractivity contribution < 1.29 is 4.74 Å². The number of aromatic nitrogens is 3. The number of aryl methyl sites for hydroxylation is 1. The highest BCUT2D eigenvalue weighted by atomic mass is 16.5. The average Bonchev–Trinajstić information content (AvgIpc) is 2.31. The van der Waals surface area contributed by atoms with E-state index in [-0.39, 0.29) is 0 Å². The minimum absolute atomic E-state index is 0.560. The van der Waals surface area contributed by atoms with Gasteiger partial charge in [-0.1, -0.05) is 5.21 Å². The zero-order valence-corrected chi connectivity index (χ0v) is 6.24. The molecule has 0 bridgehead atoms. The molecule has 1 aromatic heterocycles. The molecule has 1 rings (SSSR count). The number of nitrogens with zero attached hydrogens (tertiary/aromatic N) is 3. The first-order valence-electron chi connectivity index (χ1n) is 3.26. The molecule has 4 nitrogen and oxygen atoms in total. The van der Waals surface area contributed by atoms with Gasteiger partial charge >= 0.3 is 0 Å². The molecule has 0 amide bonds. The van der Waals surface area contributed by atoms with Crippen LogP contribution >= 0.6 is 0 Å². The molecule has 0 unspecified atom stereocenters. The fraction of sp³-hybridized carbons (Fsp3) is 0.667. The lowest BCUT2D eigenvalue weighted by molar-refractivity contribution is 0.131. The Hall–Kier alpha value is -0.900. The molecule has 1 aromatic rings. The van der Waals surface area contributed by atoms with E-state index < -0.39 is 0 Å². The summed E-state index contributed by atoms with van der Waals surface area (Å²) in [5.74, 6) is 0. The number of hydrogen-bond acceptors (Lipinski definition) is 3. The maximum Gasteiger partial charge on any atom is 0.108 e.